The van der Waals surface area contributed by atoms with Crippen LogP contribution in [-0.4, -0.2) is 0 Å². The molecular weight excluding hydrogens is 186 g/mol. The second-order valence-electron chi connectivity index (χ2n) is 3.41. The van der Waals surface area contributed by atoms with Gasteiger partial charge in [0.1, 0.15) is 5.76 Å². The van der Waals surface area contributed by atoms with Crippen molar-refractivity contribution in [2.75, 3.05) is 0 Å². The molecule has 1 aromatic carbocycles. The van der Waals surface area contributed by atoms with E-state index in [2.05, 4.69) is 6.07 Å². The molecule has 0 aliphatic carbocycles. The Labute approximate surface area is 89.1 Å². The first-order valence-electron chi connectivity index (χ1n) is 4.84. The predicted octanol–water partition coefficient (Wildman–Crippen LogP) is 3.25. The molecule has 0 amide bonds. The quantitative estimate of drug-likeness (QED) is 0.692. The minimum atomic E-state index is 0.659. The highest BCUT2D eigenvalue weighted by molar-refractivity contribution is 5.68. The van der Waals surface area contributed by atoms with Gasteiger partial charge in [-0.2, -0.15) is 5.26 Å². The van der Waals surface area contributed by atoms with Crippen LogP contribution in [0.15, 0.2) is 47.7 Å². The van der Waals surface area contributed by atoms with Crippen LogP contribution in [-0.2, 0) is 4.74 Å². The fraction of sp³-hybridized carbons (Fsp3) is 0.154. The molecule has 2 rings (SSSR count). The summed E-state index contributed by atoms with van der Waals surface area (Å²) in [4.78, 5) is 0. The normalized spacial score (nSPS) is 15.3. The minimum Gasteiger partial charge on any atom is -0.461 e. The highest BCUT2D eigenvalue weighted by Crippen LogP contribution is 2.28. The van der Waals surface area contributed by atoms with Crippen molar-refractivity contribution >= 4 is 5.76 Å². The summed E-state index contributed by atoms with van der Waals surface area (Å²) in [7, 11) is 0. The molecule has 0 saturated carbocycles. The Morgan fingerprint density at radius 1 is 1.27 bits per heavy atom. The molecule has 0 spiro atoms. The first-order chi connectivity index (χ1) is 7.31. The van der Waals surface area contributed by atoms with E-state index >= 15 is 0 Å². The van der Waals surface area contributed by atoms with Gasteiger partial charge < -0.3 is 4.74 Å². The van der Waals surface area contributed by atoms with Crippen molar-refractivity contribution in [3.63, 3.8) is 0 Å². The molecule has 2 nitrogen and oxygen atoms in total. The molecule has 0 N–H and O–H groups in total. The predicted molar refractivity (Wildman–Crippen MR) is 58.4 cm³/mol. The summed E-state index contributed by atoms with van der Waals surface area (Å²) < 4.78 is 5.59. The molecule has 1 aliphatic heterocycles. The van der Waals surface area contributed by atoms with Crippen LogP contribution in [0.3, 0.4) is 0 Å². The highest BCUT2D eigenvalue weighted by Gasteiger charge is 2.14. The average molecular weight is 197 g/mol. The van der Waals surface area contributed by atoms with Crippen molar-refractivity contribution in [2.24, 2.45) is 0 Å². The molecule has 0 saturated heterocycles. The standard InChI is InChI=1S/C13H11NO/c1-10-7-8-12(9-14)13(15-10)11-5-3-2-4-6-11/h2-7H,8H2,1H3. The Hall–Kier alpha value is -2.01. The molecule has 0 fully saturated rings. The summed E-state index contributed by atoms with van der Waals surface area (Å²) in [5.74, 6) is 1.55. The van der Waals surface area contributed by atoms with E-state index in [9.17, 15) is 0 Å². The van der Waals surface area contributed by atoms with Crippen molar-refractivity contribution in [1.29, 1.82) is 5.26 Å². The Morgan fingerprint density at radius 3 is 2.67 bits per heavy atom. The van der Waals surface area contributed by atoms with E-state index in [0.29, 0.717) is 17.8 Å². The van der Waals surface area contributed by atoms with Crippen molar-refractivity contribution in [2.45, 2.75) is 13.3 Å². The topological polar surface area (TPSA) is 33.0 Å². The van der Waals surface area contributed by atoms with E-state index in [1.54, 1.807) is 0 Å². The third-order valence-corrected chi connectivity index (χ3v) is 2.30. The summed E-state index contributed by atoms with van der Waals surface area (Å²) in [6, 6.07) is 11.9. The molecule has 1 aromatic rings. The third-order valence-electron chi connectivity index (χ3n) is 2.30. The number of allylic oxidation sites excluding steroid dienone is 3. The molecule has 0 aromatic heterocycles. The Kier molecular flexibility index (Phi) is 2.55. The number of nitrogens with zero attached hydrogens (tertiary/aromatic N) is 1. The van der Waals surface area contributed by atoms with E-state index in [1.807, 2.05) is 43.3 Å². The van der Waals surface area contributed by atoms with Gasteiger partial charge in [0.15, 0.2) is 0 Å². The monoisotopic (exact) mass is 197 g/mol. The van der Waals surface area contributed by atoms with Crippen LogP contribution in [0.2, 0.25) is 0 Å². The van der Waals surface area contributed by atoms with E-state index < -0.39 is 0 Å². The maximum Gasteiger partial charge on any atom is 0.148 e. The zero-order chi connectivity index (χ0) is 10.7. The van der Waals surface area contributed by atoms with Crippen LogP contribution >= 0.6 is 0 Å². The Balaban J connectivity index is 2.43. The number of ether oxygens (including phenoxy) is 1. The molecule has 0 radical (unpaired) electrons. The number of nitriles is 1. The number of hydrogen-bond donors (Lipinski definition) is 0. The third kappa shape index (κ3) is 1.92. The highest BCUT2D eigenvalue weighted by atomic mass is 16.5. The van der Waals surface area contributed by atoms with Gasteiger partial charge in [0.25, 0.3) is 0 Å². The maximum absolute atomic E-state index is 8.99. The molecule has 2 heteroatoms. The zero-order valence-corrected chi connectivity index (χ0v) is 8.53. The van der Waals surface area contributed by atoms with Gasteiger partial charge in [-0.05, 0) is 13.0 Å². The Bertz CT molecular complexity index is 463. The van der Waals surface area contributed by atoms with Gasteiger partial charge >= 0.3 is 0 Å². The van der Waals surface area contributed by atoms with Gasteiger partial charge in [-0.15, -0.1) is 0 Å². The fourth-order valence-electron chi connectivity index (χ4n) is 1.52. The lowest BCUT2D eigenvalue weighted by Gasteiger charge is -2.16. The van der Waals surface area contributed by atoms with E-state index in [1.165, 1.54) is 0 Å². The van der Waals surface area contributed by atoms with Gasteiger partial charge in [0.2, 0.25) is 0 Å². The first kappa shape index (κ1) is 9.54. The summed E-state index contributed by atoms with van der Waals surface area (Å²) in [6.07, 6.45) is 2.58. The zero-order valence-electron chi connectivity index (χ0n) is 8.53. The lowest BCUT2D eigenvalue weighted by Crippen LogP contribution is -2.00. The molecule has 1 aliphatic rings. The van der Waals surface area contributed by atoms with Gasteiger partial charge in [-0.3, -0.25) is 0 Å². The average Bonchev–Trinajstić information content (AvgIpc) is 2.30. The van der Waals surface area contributed by atoms with Gasteiger partial charge in [0.05, 0.1) is 17.4 Å². The lowest BCUT2D eigenvalue weighted by atomic mass is 10.0. The fourth-order valence-corrected chi connectivity index (χ4v) is 1.52. The van der Waals surface area contributed by atoms with Crippen LogP contribution in [0.4, 0.5) is 0 Å². The van der Waals surface area contributed by atoms with E-state index in [0.717, 1.165) is 11.3 Å². The molecule has 15 heavy (non-hydrogen) atoms. The minimum absolute atomic E-state index is 0.659. The van der Waals surface area contributed by atoms with E-state index in [-0.39, 0.29) is 0 Å². The van der Waals surface area contributed by atoms with Crippen molar-refractivity contribution < 1.29 is 4.74 Å². The molecule has 0 atom stereocenters. The number of rotatable bonds is 1. The molecule has 74 valence electrons. The smallest absolute Gasteiger partial charge is 0.148 e. The number of hydrogen-bond acceptors (Lipinski definition) is 2. The largest absolute Gasteiger partial charge is 0.461 e. The van der Waals surface area contributed by atoms with Gasteiger partial charge in [-0.25, -0.2) is 0 Å². The summed E-state index contributed by atoms with van der Waals surface area (Å²) in [5.41, 5.74) is 1.65. The number of benzene rings is 1. The summed E-state index contributed by atoms with van der Waals surface area (Å²) in [5, 5.41) is 8.99. The summed E-state index contributed by atoms with van der Waals surface area (Å²) >= 11 is 0. The van der Waals surface area contributed by atoms with Crippen LogP contribution < -0.4 is 0 Å². The lowest BCUT2D eigenvalue weighted by molar-refractivity contribution is 0.373. The van der Waals surface area contributed by atoms with Gasteiger partial charge in [0, 0.05) is 12.0 Å². The molecule has 1 heterocycles. The van der Waals surface area contributed by atoms with Gasteiger partial charge in [-0.1, -0.05) is 30.3 Å². The maximum atomic E-state index is 8.99. The summed E-state index contributed by atoms with van der Waals surface area (Å²) in [6.45, 7) is 1.90. The van der Waals surface area contributed by atoms with Crippen LogP contribution in [0.5, 0.6) is 0 Å². The Morgan fingerprint density at radius 2 is 2.00 bits per heavy atom. The second kappa shape index (κ2) is 4.02. The van der Waals surface area contributed by atoms with Crippen LogP contribution in [0, 0.1) is 11.3 Å². The van der Waals surface area contributed by atoms with Crippen LogP contribution in [0.25, 0.3) is 5.76 Å². The first-order valence-corrected chi connectivity index (χ1v) is 4.84. The molecule has 0 unspecified atom stereocenters. The molecular formula is C13H11NO. The SMILES string of the molecule is CC1=CCC(C#N)=C(c2ccccc2)O1. The van der Waals surface area contributed by atoms with E-state index in [4.69, 9.17) is 10.00 Å². The van der Waals surface area contributed by atoms with Crippen molar-refractivity contribution in [1.82, 2.24) is 0 Å². The second-order valence-corrected chi connectivity index (χ2v) is 3.41. The molecule has 0 bridgehead atoms. The van der Waals surface area contributed by atoms with Crippen LogP contribution in [0.1, 0.15) is 18.9 Å². The van der Waals surface area contributed by atoms with Crippen molar-refractivity contribution in [3.8, 4) is 6.07 Å². The van der Waals surface area contributed by atoms with Crippen molar-refractivity contribution in [3.05, 3.63) is 53.3 Å².